The van der Waals surface area contributed by atoms with Crippen molar-refractivity contribution < 1.29 is 33.3 Å². The van der Waals surface area contributed by atoms with Crippen molar-refractivity contribution in [3.8, 4) is 22.6 Å². The maximum Gasteiger partial charge on any atom is 0.343 e. The standard InChI is InChI=1S/C37H45N3O7/c1-3-4-7-10-28(2)27-46-36(42)31-17-21-34(22-18-31)47-37(43)32-13-11-29(12-14-32)30-15-19-33(20-16-30)44-25-8-5-6-9-26-45-35(41)23-24-39-40-38/h11-22,28H,3-10,23-27H2,1-2H3/t28-/m0/s1. The van der Waals surface area contributed by atoms with Crippen LogP contribution in [0.3, 0.4) is 0 Å². The van der Waals surface area contributed by atoms with Crippen LogP contribution in [0.4, 0.5) is 0 Å². The Morgan fingerprint density at radius 1 is 0.723 bits per heavy atom. The minimum absolute atomic E-state index is 0.105. The fourth-order valence-electron chi connectivity index (χ4n) is 4.69. The van der Waals surface area contributed by atoms with Gasteiger partial charge < -0.3 is 18.9 Å². The van der Waals surface area contributed by atoms with E-state index in [-0.39, 0.29) is 24.9 Å². The van der Waals surface area contributed by atoms with Crippen molar-refractivity contribution in [2.24, 2.45) is 11.0 Å². The highest BCUT2D eigenvalue weighted by atomic mass is 16.5. The number of benzene rings is 3. The summed E-state index contributed by atoms with van der Waals surface area (Å²) in [7, 11) is 0. The Morgan fingerprint density at radius 3 is 1.98 bits per heavy atom. The monoisotopic (exact) mass is 643 g/mol. The van der Waals surface area contributed by atoms with Crippen LogP contribution in [-0.2, 0) is 14.3 Å². The Kier molecular flexibility index (Phi) is 16.4. The molecule has 3 aromatic carbocycles. The number of nitrogens with zero attached hydrogens (tertiary/aromatic N) is 3. The van der Waals surface area contributed by atoms with Crippen LogP contribution in [0.2, 0.25) is 0 Å². The minimum Gasteiger partial charge on any atom is -0.494 e. The second-order valence-corrected chi connectivity index (χ2v) is 11.4. The van der Waals surface area contributed by atoms with Gasteiger partial charge in [0.05, 0.1) is 37.4 Å². The number of esters is 3. The molecule has 0 spiro atoms. The van der Waals surface area contributed by atoms with E-state index in [0.29, 0.717) is 42.6 Å². The molecule has 0 aromatic heterocycles. The van der Waals surface area contributed by atoms with E-state index in [1.54, 1.807) is 36.4 Å². The highest BCUT2D eigenvalue weighted by molar-refractivity contribution is 5.92. The molecule has 250 valence electrons. The van der Waals surface area contributed by atoms with Gasteiger partial charge in [0.15, 0.2) is 0 Å². The van der Waals surface area contributed by atoms with Crippen molar-refractivity contribution >= 4 is 17.9 Å². The lowest BCUT2D eigenvalue weighted by atomic mass is 10.0. The van der Waals surface area contributed by atoms with Gasteiger partial charge in [-0.05, 0) is 103 Å². The summed E-state index contributed by atoms with van der Waals surface area (Å²) in [4.78, 5) is 39.2. The van der Waals surface area contributed by atoms with Gasteiger partial charge in [0, 0.05) is 11.5 Å². The van der Waals surface area contributed by atoms with Gasteiger partial charge in [0.1, 0.15) is 11.5 Å². The molecule has 0 bridgehead atoms. The third-order valence-corrected chi connectivity index (χ3v) is 7.46. The summed E-state index contributed by atoms with van der Waals surface area (Å²) in [6.45, 7) is 5.72. The topological polar surface area (TPSA) is 137 Å². The molecule has 0 aliphatic heterocycles. The second-order valence-electron chi connectivity index (χ2n) is 11.4. The van der Waals surface area contributed by atoms with E-state index in [2.05, 4.69) is 23.9 Å². The lowest BCUT2D eigenvalue weighted by Gasteiger charge is -2.12. The van der Waals surface area contributed by atoms with Gasteiger partial charge >= 0.3 is 17.9 Å². The molecule has 10 heteroatoms. The van der Waals surface area contributed by atoms with Crippen molar-refractivity contribution in [2.75, 3.05) is 26.4 Å². The summed E-state index contributed by atoms with van der Waals surface area (Å²) in [5, 5.41) is 3.31. The van der Waals surface area contributed by atoms with Crippen molar-refractivity contribution in [1.82, 2.24) is 0 Å². The van der Waals surface area contributed by atoms with E-state index in [1.807, 2.05) is 36.4 Å². The molecular weight excluding hydrogens is 598 g/mol. The molecule has 0 fully saturated rings. The number of rotatable bonds is 21. The van der Waals surface area contributed by atoms with Crippen LogP contribution in [0.15, 0.2) is 77.9 Å². The molecule has 0 radical (unpaired) electrons. The van der Waals surface area contributed by atoms with Crippen molar-refractivity contribution in [1.29, 1.82) is 0 Å². The van der Waals surface area contributed by atoms with E-state index in [9.17, 15) is 14.4 Å². The number of azide groups is 1. The second kappa shape index (κ2) is 21.1. The quantitative estimate of drug-likeness (QED) is 0.0282. The first kappa shape index (κ1) is 36.6. The first-order chi connectivity index (χ1) is 22.9. The fourth-order valence-corrected chi connectivity index (χ4v) is 4.69. The molecule has 0 amide bonds. The summed E-state index contributed by atoms with van der Waals surface area (Å²) < 4.78 is 21.9. The molecule has 0 N–H and O–H groups in total. The van der Waals surface area contributed by atoms with Crippen LogP contribution >= 0.6 is 0 Å². The number of unbranched alkanes of at least 4 members (excludes halogenated alkanes) is 5. The van der Waals surface area contributed by atoms with E-state index in [1.165, 1.54) is 12.8 Å². The Balaban J connectivity index is 1.35. The van der Waals surface area contributed by atoms with Gasteiger partial charge in [0.25, 0.3) is 0 Å². The predicted octanol–water partition coefficient (Wildman–Crippen LogP) is 9.13. The maximum absolute atomic E-state index is 12.7. The average Bonchev–Trinajstić information content (AvgIpc) is 3.09. The van der Waals surface area contributed by atoms with Crippen LogP contribution in [-0.4, -0.2) is 44.3 Å². The fraction of sp³-hybridized carbons (Fsp3) is 0.432. The van der Waals surface area contributed by atoms with E-state index in [4.69, 9.17) is 24.5 Å². The Labute approximate surface area is 277 Å². The number of hydrogen-bond acceptors (Lipinski definition) is 8. The summed E-state index contributed by atoms with van der Waals surface area (Å²) in [5.74, 6) is 0.228. The number of hydrogen-bond donors (Lipinski definition) is 0. The minimum atomic E-state index is -0.486. The first-order valence-electron chi connectivity index (χ1n) is 16.4. The van der Waals surface area contributed by atoms with Crippen LogP contribution in [0, 0.1) is 5.92 Å². The molecule has 0 aliphatic carbocycles. The summed E-state index contributed by atoms with van der Waals surface area (Å²) in [5.41, 5.74) is 11.0. The smallest absolute Gasteiger partial charge is 0.343 e. The van der Waals surface area contributed by atoms with E-state index in [0.717, 1.165) is 55.4 Å². The third-order valence-electron chi connectivity index (χ3n) is 7.46. The van der Waals surface area contributed by atoms with Crippen LogP contribution < -0.4 is 9.47 Å². The first-order valence-corrected chi connectivity index (χ1v) is 16.4. The van der Waals surface area contributed by atoms with Crippen molar-refractivity contribution in [3.05, 3.63) is 94.4 Å². The van der Waals surface area contributed by atoms with E-state index < -0.39 is 5.97 Å². The molecule has 3 aromatic rings. The Morgan fingerprint density at radius 2 is 1.32 bits per heavy atom. The van der Waals surface area contributed by atoms with Crippen LogP contribution in [0.1, 0.15) is 92.4 Å². The molecule has 3 rings (SSSR count). The SMILES string of the molecule is CCCCC[C@H](C)COC(=O)c1ccc(OC(=O)c2ccc(-c3ccc(OCCCCCCOC(=O)CCN=[N+]=[N-])cc3)cc2)cc1. The Hall–Kier alpha value is -4.82. The number of carbonyl (C=O) groups is 3. The van der Waals surface area contributed by atoms with Crippen molar-refractivity contribution in [2.45, 2.75) is 71.6 Å². The normalized spacial score (nSPS) is 11.2. The third kappa shape index (κ3) is 14.0. The molecule has 0 unspecified atom stereocenters. The zero-order valence-corrected chi connectivity index (χ0v) is 27.4. The van der Waals surface area contributed by atoms with Crippen LogP contribution in [0.25, 0.3) is 21.6 Å². The van der Waals surface area contributed by atoms with Gasteiger partial charge in [0.2, 0.25) is 0 Å². The number of carbonyl (C=O) groups excluding carboxylic acids is 3. The molecule has 1 atom stereocenters. The van der Waals surface area contributed by atoms with Crippen LogP contribution in [0.5, 0.6) is 11.5 Å². The average molecular weight is 644 g/mol. The van der Waals surface area contributed by atoms with Crippen molar-refractivity contribution in [3.63, 3.8) is 0 Å². The van der Waals surface area contributed by atoms with Gasteiger partial charge in [-0.3, -0.25) is 4.79 Å². The molecule has 0 heterocycles. The van der Waals surface area contributed by atoms with Gasteiger partial charge in [-0.2, -0.15) is 0 Å². The molecule has 0 aliphatic rings. The molecule has 47 heavy (non-hydrogen) atoms. The highest BCUT2D eigenvalue weighted by Crippen LogP contribution is 2.24. The van der Waals surface area contributed by atoms with Gasteiger partial charge in [-0.15, -0.1) is 0 Å². The largest absolute Gasteiger partial charge is 0.494 e. The van der Waals surface area contributed by atoms with E-state index >= 15 is 0 Å². The highest BCUT2D eigenvalue weighted by Gasteiger charge is 2.13. The lowest BCUT2D eigenvalue weighted by molar-refractivity contribution is -0.143. The molecule has 0 saturated carbocycles. The summed E-state index contributed by atoms with van der Waals surface area (Å²) in [6.07, 6.45) is 8.19. The lowest BCUT2D eigenvalue weighted by Crippen LogP contribution is -2.12. The zero-order valence-electron chi connectivity index (χ0n) is 27.4. The van der Waals surface area contributed by atoms with Gasteiger partial charge in [-0.1, -0.05) is 62.5 Å². The summed E-state index contributed by atoms with van der Waals surface area (Å²) in [6, 6.07) is 21.3. The number of ether oxygens (including phenoxy) is 4. The van der Waals surface area contributed by atoms with Gasteiger partial charge in [-0.25, -0.2) is 9.59 Å². The zero-order chi connectivity index (χ0) is 33.7. The molecule has 10 nitrogen and oxygen atoms in total. The molecular formula is C37H45N3O7. The molecule has 0 saturated heterocycles. The Bertz CT molecular complexity index is 1430. The maximum atomic E-state index is 12.7. The predicted molar refractivity (Wildman–Crippen MR) is 180 cm³/mol. The summed E-state index contributed by atoms with van der Waals surface area (Å²) >= 11 is 0.